The van der Waals surface area contributed by atoms with Gasteiger partial charge in [-0.05, 0) is 52.3 Å². The van der Waals surface area contributed by atoms with E-state index in [4.69, 9.17) is 13.9 Å². The minimum Gasteiger partial charge on any atom is -0.460 e. The largest absolute Gasteiger partial charge is 0.460 e. The van der Waals surface area contributed by atoms with Gasteiger partial charge in [-0.25, -0.2) is 4.79 Å². The Morgan fingerprint density at radius 1 is 0.893 bits per heavy atom. The lowest BCUT2D eigenvalue weighted by Gasteiger charge is -2.08. The molecule has 0 spiro atoms. The summed E-state index contributed by atoms with van der Waals surface area (Å²) in [5.41, 5.74) is 0.405. The minimum atomic E-state index is -0.490. The van der Waals surface area contributed by atoms with Crippen LogP contribution in [0, 0.1) is 0 Å². The third-order valence-electron chi connectivity index (χ3n) is 3.99. The lowest BCUT2D eigenvalue weighted by Crippen LogP contribution is -2.09. The normalized spacial score (nSPS) is 10.6. The number of para-hydroxylation sites is 1. The van der Waals surface area contributed by atoms with Gasteiger partial charge in [0.1, 0.15) is 23.3 Å². The van der Waals surface area contributed by atoms with Crippen LogP contribution >= 0.6 is 15.9 Å². The van der Waals surface area contributed by atoms with Gasteiger partial charge in [0.05, 0.1) is 15.4 Å². The van der Waals surface area contributed by atoms with E-state index in [0.717, 1.165) is 4.47 Å². The number of halogens is 1. The van der Waals surface area contributed by atoms with Crippen molar-refractivity contribution in [2.75, 3.05) is 0 Å². The van der Waals surface area contributed by atoms with Crippen LogP contribution in [0.1, 0.15) is 10.4 Å². The fraction of sp³-hybridized carbons (Fsp3) is 0. The van der Waals surface area contributed by atoms with Gasteiger partial charge < -0.3 is 13.9 Å². The molecule has 3 aromatic carbocycles. The first-order chi connectivity index (χ1) is 13.6. The maximum Gasteiger partial charge on any atom is 0.343 e. The highest BCUT2D eigenvalue weighted by molar-refractivity contribution is 9.10. The van der Waals surface area contributed by atoms with Gasteiger partial charge in [-0.2, -0.15) is 0 Å². The first kappa shape index (κ1) is 18.0. The van der Waals surface area contributed by atoms with Crippen molar-refractivity contribution in [3.05, 3.63) is 99.3 Å². The van der Waals surface area contributed by atoms with Crippen LogP contribution in [0.15, 0.2) is 92.7 Å². The Balaban J connectivity index is 1.62. The Labute approximate surface area is 168 Å². The number of hydrogen-bond acceptors (Lipinski definition) is 5. The summed E-state index contributed by atoms with van der Waals surface area (Å²) in [6.45, 7) is 0. The van der Waals surface area contributed by atoms with Crippen LogP contribution in [0.5, 0.6) is 17.2 Å². The van der Waals surface area contributed by atoms with Crippen LogP contribution in [0.3, 0.4) is 0 Å². The molecule has 0 radical (unpaired) electrons. The van der Waals surface area contributed by atoms with Crippen molar-refractivity contribution < 1.29 is 18.7 Å². The second kappa shape index (κ2) is 7.70. The summed E-state index contributed by atoms with van der Waals surface area (Å²) in [6.07, 6.45) is 1.24. The van der Waals surface area contributed by atoms with Gasteiger partial charge in [-0.3, -0.25) is 4.79 Å². The van der Waals surface area contributed by atoms with Gasteiger partial charge in [0.2, 0.25) is 11.2 Å². The summed E-state index contributed by atoms with van der Waals surface area (Å²) >= 11 is 3.37. The molecule has 0 saturated carbocycles. The smallest absolute Gasteiger partial charge is 0.343 e. The van der Waals surface area contributed by atoms with Crippen LogP contribution in [0.4, 0.5) is 0 Å². The second-order valence-corrected chi connectivity index (χ2v) is 6.73. The summed E-state index contributed by atoms with van der Waals surface area (Å²) in [4.78, 5) is 24.9. The summed E-state index contributed by atoms with van der Waals surface area (Å²) < 4.78 is 17.3. The van der Waals surface area contributed by atoms with Crippen LogP contribution in [-0.2, 0) is 0 Å². The Morgan fingerprint density at radius 2 is 1.64 bits per heavy atom. The molecule has 1 heterocycles. The Kier molecular flexibility index (Phi) is 4.95. The van der Waals surface area contributed by atoms with Gasteiger partial charge in [-0.1, -0.05) is 30.3 Å². The van der Waals surface area contributed by atoms with Crippen molar-refractivity contribution in [2.24, 2.45) is 0 Å². The van der Waals surface area contributed by atoms with Crippen molar-refractivity contribution in [3.63, 3.8) is 0 Å². The molecule has 0 unspecified atom stereocenters. The average molecular weight is 437 g/mol. The molecule has 0 N–H and O–H groups in total. The second-order valence-electron chi connectivity index (χ2n) is 5.88. The molecule has 138 valence electrons. The number of carbonyl (C=O) groups excluding carboxylic acids is 1. The quantitative estimate of drug-likeness (QED) is 0.309. The Morgan fingerprint density at radius 3 is 2.43 bits per heavy atom. The highest BCUT2D eigenvalue weighted by Gasteiger charge is 2.13. The highest BCUT2D eigenvalue weighted by Crippen LogP contribution is 2.29. The van der Waals surface area contributed by atoms with E-state index in [0.29, 0.717) is 22.3 Å². The first-order valence-electron chi connectivity index (χ1n) is 8.37. The monoisotopic (exact) mass is 436 g/mol. The van der Waals surface area contributed by atoms with E-state index in [1.54, 1.807) is 48.5 Å². The van der Waals surface area contributed by atoms with Crippen LogP contribution < -0.4 is 14.9 Å². The molecule has 4 aromatic rings. The zero-order chi connectivity index (χ0) is 19.5. The molecule has 0 fully saturated rings. The molecule has 0 amide bonds. The predicted molar refractivity (Wildman–Crippen MR) is 108 cm³/mol. The number of fused-ring (bicyclic) bond motifs is 1. The van der Waals surface area contributed by atoms with Crippen LogP contribution in [0.2, 0.25) is 0 Å². The molecule has 0 aliphatic rings. The fourth-order valence-electron chi connectivity index (χ4n) is 2.61. The number of esters is 1. The third-order valence-corrected chi connectivity index (χ3v) is 4.65. The summed E-state index contributed by atoms with van der Waals surface area (Å²) in [5.74, 6) is 0.358. The van der Waals surface area contributed by atoms with E-state index in [2.05, 4.69) is 15.9 Å². The molecule has 0 atom stereocenters. The SMILES string of the molecule is O=C(Oc1ccc2c(=O)c(Oc3ccccc3Br)coc2c1)c1ccccc1. The average Bonchev–Trinajstić information content (AvgIpc) is 2.72. The number of ether oxygens (including phenoxy) is 2. The topological polar surface area (TPSA) is 65.7 Å². The predicted octanol–water partition coefficient (Wildman–Crippen LogP) is 5.57. The van der Waals surface area contributed by atoms with Gasteiger partial charge in [0, 0.05) is 6.07 Å². The molecular formula is C22H13BrO5. The zero-order valence-electron chi connectivity index (χ0n) is 14.4. The van der Waals surface area contributed by atoms with Gasteiger partial charge in [0.25, 0.3) is 0 Å². The first-order valence-corrected chi connectivity index (χ1v) is 9.16. The van der Waals surface area contributed by atoms with Crippen LogP contribution in [0.25, 0.3) is 11.0 Å². The molecule has 4 rings (SSSR count). The fourth-order valence-corrected chi connectivity index (χ4v) is 2.98. The standard InChI is InChI=1S/C22H13BrO5/c23-17-8-4-5-9-18(17)28-20-13-26-19-12-15(10-11-16(19)21(20)24)27-22(25)14-6-2-1-3-7-14/h1-13H. The van der Waals surface area contributed by atoms with Crippen molar-refractivity contribution in [2.45, 2.75) is 0 Å². The van der Waals surface area contributed by atoms with E-state index in [1.807, 2.05) is 18.2 Å². The molecule has 0 saturated heterocycles. The molecule has 0 bridgehead atoms. The zero-order valence-corrected chi connectivity index (χ0v) is 16.0. The van der Waals surface area contributed by atoms with E-state index < -0.39 is 5.97 Å². The Hall–Kier alpha value is -3.38. The van der Waals surface area contributed by atoms with Crippen molar-refractivity contribution in [1.82, 2.24) is 0 Å². The van der Waals surface area contributed by atoms with E-state index in [9.17, 15) is 9.59 Å². The maximum atomic E-state index is 12.7. The van der Waals surface area contributed by atoms with Crippen molar-refractivity contribution >= 4 is 32.9 Å². The Bertz CT molecular complexity index is 1210. The molecule has 0 aliphatic carbocycles. The molecule has 1 aromatic heterocycles. The van der Waals surface area contributed by atoms with E-state index in [1.165, 1.54) is 12.3 Å². The highest BCUT2D eigenvalue weighted by atomic mass is 79.9. The summed E-state index contributed by atoms with van der Waals surface area (Å²) in [6, 6.07) is 20.4. The molecule has 28 heavy (non-hydrogen) atoms. The maximum absolute atomic E-state index is 12.7. The summed E-state index contributed by atoms with van der Waals surface area (Å²) in [7, 11) is 0. The molecular weight excluding hydrogens is 424 g/mol. The van der Waals surface area contributed by atoms with Gasteiger partial charge >= 0.3 is 5.97 Å². The van der Waals surface area contributed by atoms with Crippen LogP contribution in [-0.4, -0.2) is 5.97 Å². The molecule has 6 heteroatoms. The number of benzene rings is 3. The lowest BCUT2D eigenvalue weighted by molar-refractivity contribution is 0.0735. The molecule has 0 aliphatic heterocycles. The molecule has 5 nitrogen and oxygen atoms in total. The van der Waals surface area contributed by atoms with Crippen molar-refractivity contribution in [1.29, 1.82) is 0 Å². The third kappa shape index (κ3) is 3.68. The van der Waals surface area contributed by atoms with E-state index in [-0.39, 0.29) is 16.9 Å². The number of carbonyl (C=O) groups is 1. The van der Waals surface area contributed by atoms with Gasteiger partial charge in [0.15, 0.2) is 0 Å². The minimum absolute atomic E-state index is 0.0634. The number of rotatable bonds is 4. The summed E-state index contributed by atoms with van der Waals surface area (Å²) in [5, 5.41) is 0.323. The van der Waals surface area contributed by atoms with Gasteiger partial charge in [-0.15, -0.1) is 0 Å². The lowest BCUT2D eigenvalue weighted by atomic mass is 10.2. The van der Waals surface area contributed by atoms with Crippen molar-refractivity contribution in [3.8, 4) is 17.2 Å². The van der Waals surface area contributed by atoms with E-state index >= 15 is 0 Å². The number of hydrogen-bond donors (Lipinski definition) is 0.